The van der Waals surface area contributed by atoms with Crippen LogP contribution in [0.5, 0.6) is 5.75 Å². The lowest BCUT2D eigenvalue weighted by atomic mass is 9.87. The number of nitrogens with zero attached hydrogens (tertiary/aromatic N) is 1. The van der Waals surface area contributed by atoms with Gasteiger partial charge in [0.05, 0.1) is 6.04 Å². The van der Waals surface area contributed by atoms with Crippen LogP contribution in [0, 0.1) is 12.8 Å². The molecule has 4 rings (SSSR count). The molecule has 3 aromatic carbocycles. The second-order valence-corrected chi connectivity index (χ2v) is 10.1. The smallest absolute Gasteiger partial charge is 0.260 e. The zero-order valence-corrected chi connectivity index (χ0v) is 21.5. The summed E-state index contributed by atoms with van der Waals surface area (Å²) in [5, 5.41) is 3.00. The zero-order valence-electron chi connectivity index (χ0n) is 21.5. The van der Waals surface area contributed by atoms with Gasteiger partial charge in [0.15, 0.2) is 6.10 Å². The van der Waals surface area contributed by atoms with E-state index in [-0.39, 0.29) is 11.9 Å². The summed E-state index contributed by atoms with van der Waals surface area (Å²) >= 11 is 0. The van der Waals surface area contributed by atoms with Gasteiger partial charge < -0.3 is 10.1 Å². The van der Waals surface area contributed by atoms with Gasteiger partial charge in [0.25, 0.3) is 5.91 Å². The second-order valence-electron chi connectivity index (χ2n) is 10.1. The number of aryl methyl sites for hydroxylation is 1. The summed E-state index contributed by atoms with van der Waals surface area (Å²) < 4.78 is 6.13. The Morgan fingerprint density at radius 2 is 1.77 bits per heavy atom. The fraction of sp³-hybridized carbons (Fsp3) is 0.387. The third kappa shape index (κ3) is 6.32. The molecular weight excluding hydrogens is 432 g/mol. The molecule has 0 saturated heterocycles. The van der Waals surface area contributed by atoms with E-state index in [1.807, 2.05) is 13.0 Å². The minimum Gasteiger partial charge on any atom is -0.481 e. The number of hydrogen-bond acceptors (Lipinski definition) is 3. The van der Waals surface area contributed by atoms with E-state index >= 15 is 0 Å². The van der Waals surface area contributed by atoms with Gasteiger partial charge in [-0.1, -0.05) is 74.5 Å². The van der Waals surface area contributed by atoms with Gasteiger partial charge in [-0.15, -0.1) is 0 Å². The molecule has 0 spiro atoms. The summed E-state index contributed by atoms with van der Waals surface area (Å²) in [6.07, 6.45) is 1.42. The predicted molar refractivity (Wildman–Crippen MR) is 143 cm³/mol. The zero-order chi connectivity index (χ0) is 24.8. The fourth-order valence-electron chi connectivity index (χ4n) is 4.81. The number of ether oxygens (including phenoxy) is 1. The molecule has 1 aliphatic rings. The van der Waals surface area contributed by atoms with Crippen LogP contribution in [0.3, 0.4) is 0 Å². The Bertz CT molecular complexity index is 1130. The first-order chi connectivity index (χ1) is 16.9. The molecule has 2 atom stereocenters. The van der Waals surface area contributed by atoms with Crippen LogP contribution < -0.4 is 10.1 Å². The molecule has 3 aromatic rings. The normalized spacial score (nSPS) is 16.5. The average molecular weight is 471 g/mol. The molecule has 0 aromatic heterocycles. The molecule has 0 saturated carbocycles. The van der Waals surface area contributed by atoms with Crippen LogP contribution in [0.15, 0.2) is 72.8 Å². The maximum absolute atomic E-state index is 12.5. The van der Waals surface area contributed by atoms with Crippen molar-refractivity contribution in [2.24, 2.45) is 5.92 Å². The lowest BCUT2D eigenvalue weighted by Gasteiger charge is -2.38. The number of fused-ring (bicyclic) bond motifs is 1. The van der Waals surface area contributed by atoms with E-state index in [9.17, 15) is 4.79 Å². The fourth-order valence-corrected chi connectivity index (χ4v) is 4.81. The number of nitrogens with one attached hydrogen (secondary N) is 1. The van der Waals surface area contributed by atoms with Crippen LogP contribution >= 0.6 is 0 Å². The van der Waals surface area contributed by atoms with Gasteiger partial charge in [-0.25, -0.2) is 0 Å². The van der Waals surface area contributed by atoms with E-state index in [2.05, 4.69) is 97.7 Å². The van der Waals surface area contributed by atoms with E-state index in [1.54, 1.807) is 0 Å². The maximum atomic E-state index is 12.5. The van der Waals surface area contributed by atoms with Crippen LogP contribution in [-0.4, -0.2) is 30.0 Å². The maximum Gasteiger partial charge on any atom is 0.260 e. The SMILES string of the molecule is Cc1ccccc1CN1CCc2ccc(OC(C)C(=O)NCCC(C)C)cc2C1c1ccccc1. The summed E-state index contributed by atoms with van der Waals surface area (Å²) in [4.78, 5) is 15.1. The van der Waals surface area contributed by atoms with Gasteiger partial charge in [0.2, 0.25) is 0 Å². The second kappa shape index (κ2) is 11.5. The Kier molecular flexibility index (Phi) is 8.25. The van der Waals surface area contributed by atoms with E-state index in [1.165, 1.54) is 27.8 Å². The first-order valence-corrected chi connectivity index (χ1v) is 12.8. The Labute approximate surface area is 210 Å². The lowest BCUT2D eigenvalue weighted by Crippen LogP contribution is -2.37. The van der Waals surface area contributed by atoms with Gasteiger partial charge in [0.1, 0.15) is 5.75 Å². The van der Waals surface area contributed by atoms with Crippen molar-refractivity contribution in [1.29, 1.82) is 0 Å². The molecule has 35 heavy (non-hydrogen) atoms. The van der Waals surface area contributed by atoms with Crippen LogP contribution in [0.1, 0.15) is 61.1 Å². The predicted octanol–water partition coefficient (Wildman–Crippen LogP) is 6.07. The van der Waals surface area contributed by atoms with Gasteiger partial charge >= 0.3 is 0 Å². The van der Waals surface area contributed by atoms with Crippen molar-refractivity contribution in [1.82, 2.24) is 10.2 Å². The summed E-state index contributed by atoms with van der Waals surface area (Å²) in [5.74, 6) is 1.24. The quantitative estimate of drug-likeness (QED) is 0.413. The van der Waals surface area contributed by atoms with Crippen molar-refractivity contribution < 1.29 is 9.53 Å². The molecule has 1 aliphatic heterocycles. The highest BCUT2D eigenvalue weighted by Crippen LogP contribution is 2.38. The minimum atomic E-state index is -0.540. The Hall–Kier alpha value is -3.11. The van der Waals surface area contributed by atoms with Gasteiger partial charge in [-0.3, -0.25) is 9.69 Å². The highest BCUT2D eigenvalue weighted by atomic mass is 16.5. The van der Waals surface area contributed by atoms with E-state index in [0.717, 1.165) is 31.7 Å². The van der Waals surface area contributed by atoms with Crippen LogP contribution in [0.2, 0.25) is 0 Å². The molecule has 1 N–H and O–H groups in total. The van der Waals surface area contributed by atoms with E-state index in [4.69, 9.17) is 4.74 Å². The first kappa shape index (κ1) is 25.0. The minimum absolute atomic E-state index is 0.0656. The number of rotatable bonds is 9. The third-order valence-corrected chi connectivity index (χ3v) is 6.90. The number of amides is 1. The molecule has 2 unspecified atom stereocenters. The molecule has 0 fully saturated rings. The van der Waals surface area contributed by atoms with Crippen LogP contribution in [-0.2, 0) is 17.8 Å². The molecule has 0 bridgehead atoms. The molecule has 0 aliphatic carbocycles. The standard InChI is InChI=1S/C31H38N2O2/c1-22(2)16-18-32-31(34)24(4)35-28-15-14-25-17-19-33(21-27-13-9-8-10-23(27)3)30(29(25)20-28)26-11-6-5-7-12-26/h5-15,20,22,24,30H,16-19,21H2,1-4H3,(H,32,34). The molecule has 1 amide bonds. The molecule has 1 heterocycles. The molecule has 4 nitrogen and oxygen atoms in total. The monoisotopic (exact) mass is 470 g/mol. The summed E-state index contributed by atoms with van der Waals surface area (Å²) in [6, 6.07) is 25.8. The number of carbonyl (C=O) groups is 1. The highest BCUT2D eigenvalue weighted by Gasteiger charge is 2.30. The highest BCUT2D eigenvalue weighted by molar-refractivity contribution is 5.80. The third-order valence-electron chi connectivity index (χ3n) is 6.90. The van der Waals surface area contributed by atoms with Crippen molar-refractivity contribution >= 4 is 5.91 Å². The Balaban J connectivity index is 1.58. The molecule has 4 heteroatoms. The summed E-state index contributed by atoms with van der Waals surface area (Å²) in [5.41, 5.74) is 6.57. The molecule has 184 valence electrons. The molecule has 0 radical (unpaired) electrons. The Morgan fingerprint density at radius 3 is 2.51 bits per heavy atom. The van der Waals surface area contributed by atoms with Crippen LogP contribution in [0.4, 0.5) is 0 Å². The Morgan fingerprint density at radius 1 is 1.03 bits per heavy atom. The van der Waals surface area contributed by atoms with Gasteiger partial charge in [0, 0.05) is 19.6 Å². The number of benzene rings is 3. The number of carbonyl (C=O) groups excluding carboxylic acids is 1. The van der Waals surface area contributed by atoms with Crippen molar-refractivity contribution in [3.63, 3.8) is 0 Å². The van der Waals surface area contributed by atoms with E-state index < -0.39 is 6.10 Å². The van der Waals surface area contributed by atoms with Crippen LogP contribution in [0.25, 0.3) is 0 Å². The lowest BCUT2D eigenvalue weighted by molar-refractivity contribution is -0.127. The topological polar surface area (TPSA) is 41.6 Å². The molecular formula is C31H38N2O2. The largest absolute Gasteiger partial charge is 0.481 e. The summed E-state index contributed by atoms with van der Waals surface area (Å²) in [7, 11) is 0. The first-order valence-electron chi connectivity index (χ1n) is 12.8. The average Bonchev–Trinajstić information content (AvgIpc) is 2.85. The van der Waals surface area contributed by atoms with Gasteiger partial charge in [-0.05, 0) is 72.6 Å². The van der Waals surface area contributed by atoms with Crippen molar-refractivity contribution in [2.45, 2.75) is 59.2 Å². The summed E-state index contributed by atoms with van der Waals surface area (Å²) in [6.45, 7) is 10.9. The van der Waals surface area contributed by atoms with Crippen molar-refractivity contribution in [3.8, 4) is 5.75 Å². The van der Waals surface area contributed by atoms with Crippen molar-refractivity contribution in [2.75, 3.05) is 13.1 Å². The van der Waals surface area contributed by atoms with Gasteiger partial charge in [-0.2, -0.15) is 0 Å². The van der Waals surface area contributed by atoms with E-state index in [0.29, 0.717) is 12.5 Å². The number of hydrogen-bond donors (Lipinski definition) is 1. The van der Waals surface area contributed by atoms with Crippen molar-refractivity contribution in [3.05, 3.63) is 101 Å².